The first-order valence-corrected chi connectivity index (χ1v) is 8.76. The highest BCUT2D eigenvalue weighted by atomic mass is 32.1. The minimum absolute atomic E-state index is 0.933. The molecule has 1 fully saturated rings. The smallest absolute Gasteiger partial charge is 0.0888 e. The van der Waals surface area contributed by atoms with Gasteiger partial charge in [-0.15, -0.1) is 0 Å². The van der Waals surface area contributed by atoms with E-state index in [9.17, 15) is 0 Å². The van der Waals surface area contributed by atoms with E-state index in [0.717, 1.165) is 3.89 Å². The molecule has 0 bridgehead atoms. The molecule has 1 aliphatic rings. The summed E-state index contributed by atoms with van der Waals surface area (Å²) in [6.07, 6.45) is 13.8. The van der Waals surface area contributed by atoms with Crippen molar-refractivity contribution in [3.05, 3.63) is 0 Å². The number of quaternary nitrogens is 1. The summed E-state index contributed by atoms with van der Waals surface area (Å²) in [5.41, 5.74) is 0. The van der Waals surface area contributed by atoms with Crippen molar-refractivity contribution in [1.82, 2.24) is 4.90 Å². The fourth-order valence-electron chi connectivity index (χ4n) is 2.95. The fraction of sp³-hybridized carbons (Fsp3) is 1.00. The maximum atomic E-state index is 4.81. The predicted octanol–water partition coefficient (Wildman–Crippen LogP) is 4.12. The van der Waals surface area contributed by atoms with Crippen LogP contribution in [0.25, 0.3) is 0 Å². The first-order chi connectivity index (χ1) is 9.10. The lowest BCUT2D eigenvalue weighted by Crippen LogP contribution is -2.35. The molecule has 0 spiro atoms. The summed E-state index contributed by atoms with van der Waals surface area (Å²) < 4.78 is 0.933. The Kier molecular flexibility index (Phi) is 9.17. The number of rotatable bonds is 0. The summed E-state index contributed by atoms with van der Waals surface area (Å²) in [6.45, 7) is 5.06. The average molecular weight is 288 g/mol. The van der Waals surface area contributed by atoms with E-state index in [4.69, 9.17) is 12.8 Å². The summed E-state index contributed by atoms with van der Waals surface area (Å²) in [5.74, 6) is 0. The van der Waals surface area contributed by atoms with E-state index >= 15 is 0 Å². The highest BCUT2D eigenvalue weighted by molar-refractivity contribution is 7.74. The number of thiol groups is 1. The van der Waals surface area contributed by atoms with Gasteiger partial charge in [0.25, 0.3) is 0 Å². The molecule has 1 rings (SSSR count). The van der Waals surface area contributed by atoms with Gasteiger partial charge in [-0.25, -0.2) is 0 Å². The van der Waals surface area contributed by atoms with Crippen molar-refractivity contribution in [2.24, 2.45) is 0 Å². The summed E-state index contributed by atoms with van der Waals surface area (Å²) in [6, 6.07) is 0. The zero-order chi connectivity index (χ0) is 14.0. The van der Waals surface area contributed by atoms with Gasteiger partial charge in [-0.05, 0) is 58.7 Å². The van der Waals surface area contributed by atoms with Crippen LogP contribution < -0.4 is 0 Å². The molecule has 0 aromatic carbocycles. The van der Waals surface area contributed by atoms with Gasteiger partial charge in [0.1, 0.15) is 0 Å². The topological polar surface area (TPSA) is 3.24 Å². The Morgan fingerprint density at radius 3 is 1.53 bits per heavy atom. The van der Waals surface area contributed by atoms with Crippen LogP contribution in [-0.4, -0.2) is 49.1 Å². The Morgan fingerprint density at radius 2 is 1.05 bits per heavy atom. The lowest BCUT2D eigenvalue weighted by molar-refractivity contribution is -0.771. The lowest BCUT2D eigenvalue weighted by atomic mass is 10.1. The maximum Gasteiger partial charge on any atom is 0.0888 e. The Morgan fingerprint density at radius 1 is 0.684 bits per heavy atom. The van der Waals surface area contributed by atoms with Crippen molar-refractivity contribution in [2.45, 2.75) is 64.2 Å². The van der Waals surface area contributed by atoms with Crippen molar-refractivity contribution < 1.29 is 3.89 Å². The van der Waals surface area contributed by atoms with Crippen LogP contribution in [0.3, 0.4) is 0 Å². The van der Waals surface area contributed by atoms with Crippen LogP contribution in [0.2, 0.25) is 0 Å². The highest BCUT2D eigenvalue weighted by Crippen LogP contribution is 2.15. The SMILES string of the molecule is CN1CCCCCCC[N+](C)(S)CCCCCCC1. The second-order valence-corrected chi connectivity index (χ2v) is 7.59. The molecule has 0 saturated carbocycles. The molecule has 19 heavy (non-hydrogen) atoms. The van der Waals surface area contributed by atoms with Crippen LogP contribution in [0.15, 0.2) is 0 Å². The molecule has 0 aliphatic carbocycles. The van der Waals surface area contributed by atoms with Crippen molar-refractivity contribution in [3.63, 3.8) is 0 Å². The van der Waals surface area contributed by atoms with Gasteiger partial charge in [-0.3, -0.25) is 3.89 Å². The van der Waals surface area contributed by atoms with E-state index < -0.39 is 0 Å². The molecule has 0 N–H and O–H groups in total. The molecule has 0 atom stereocenters. The van der Waals surface area contributed by atoms with Gasteiger partial charge in [0.05, 0.1) is 33.0 Å². The second kappa shape index (κ2) is 10.1. The largest absolute Gasteiger partial charge is 0.306 e. The summed E-state index contributed by atoms with van der Waals surface area (Å²) in [7, 11) is 4.56. The van der Waals surface area contributed by atoms with E-state index in [1.807, 2.05) is 0 Å². The Bertz CT molecular complexity index is 199. The number of hydrogen-bond donors (Lipinski definition) is 1. The standard InChI is InChI=1S/C16H35N2S/c1-17-13-9-5-3-7-11-15-18(2,19)16-12-8-4-6-10-14-17/h19H,3-16H2,1-2H3/q+1. The minimum Gasteiger partial charge on any atom is -0.306 e. The molecule has 0 radical (unpaired) electrons. The Balaban J connectivity index is 2.26. The van der Waals surface area contributed by atoms with Gasteiger partial charge in [0.15, 0.2) is 0 Å². The second-order valence-electron chi connectivity index (χ2n) is 6.62. The molecule has 1 heterocycles. The van der Waals surface area contributed by atoms with Crippen LogP contribution in [0.4, 0.5) is 0 Å². The maximum absolute atomic E-state index is 4.81. The summed E-state index contributed by atoms with van der Waals surface area (Å²) in [5, 5.41) is 0. The van der Waals surface area contributed by atoms with Crippen LogP contribution in [0.5, 0.6) is 0 Å². The fourth-order valence-corrected chi connectivity index (χ4v) is 3.24. The zero-order valence-corrected chi connectivity index (χ0v) is 14.1. The third-order valence-corrected chi connectivity index (χ3v) is 4.76. The summed E-state index contributed by atoms with van der Waals surface area (Å²) in [4.78, 5) is 2.52. The van der Waals surface area contributed by atoms with Crippen molar-refractivity contribution in [2.75, 3.05) is 40.3 Å². The van der Waals surface area contributed by atoms with E-state index in [1.54, 1.807) is 0 Å². The van der Waals surface area contributed by atoms with E-state index in [-0.39, 0.29) is 0 Å². The molecule has 1 aliphatic heterocycles. The molecule has 2 nitrogen and oxygen atoms in total. The molecule has 0 unspecified atom stereocenters. The lowest BCUT2D eigenvalue weighted by Gasteiger charge is -2.27. The minimum atomic E-state index is 0.933. The third kappa shape index (κ3) is 9.75. The number of hydrogen-bond acceptors (Lipinski definition) is 2. The van der Waals surface area contributed by atoms with Gasteiger partial charge in [0, 0.05) is 0 Å². The van der Waals surface area contributed by atoms with Crippen molar-refractivity contribution in [1.29, 1.82) is 0 Å². The molecule has 0 amide bonds. The molecular weight excluding hydrogens is 252 g/mol. The highest BCUT2D eigenvalue weighted by Gasteiger charge is 2.15. The predicted molar refractivity (Wildman–Crippen MR) is 88.6 cm³/mol. The molecule has 0 aromatic heterocycles. The van der Waals surface area contributed by atoms with E-state index in [2.05, 4.69) is 19.0 Å². The van der Waals surface area contributed by atoms with E-state index in [1.165, 1.54) is 90.4 Å². The van der Waals surface area contributed by atoms with Crippen molar-refractivity contribution in [3.8, 4) is 0 Å². The first kappa shape index (κ1) is 17.3. The average Bonchev–Trinajstić information content (AvgIpc) is 2.35. The molecule has 0 aromatic rings. The molecule has 3 heteroatoms. The normalized spacial score (nSPS) is 26.1. The van der Waals surface area contributed by atoms with Gasteiger partial charge >= 0.3 is 0 Å². The van der Waals surface area contributed by atoms with Gasteiger partial charge < -0.3 is 4.90 Å². The Hall–Kier alpha value is 0.270. The quantitative estimate of drug-likeness (QED) is 0.518. The third-order valence-electron chi connectivity index (χ3n) is 4.36. The van der Waals surface area contributed by atoms with E-state index in [0.29, 0.717) is 0 Å². The molecule has 1 saturated heterocycles. The van der Waals surface area contributed by atoms with Crippen molar-refractivity contribution >= 4 is 12.8 Å². The van der Waals surface area contributed by atoms with Gasteiger partial charge in [-0.2, -0.15) is 0 Å². The molecule has 114 valence electrons. The monoisotopic (exact) mass is 287 g/mol. The Labute approximate surface area is 126 Å². The van der Waals surface area contributed by atoms with Crippen LogP contribution in [-0.2, 0) is 0 Å². The van der Waals surface area contributed by atoms with Crippen LogP contribution in [0, 0.1) is 0 Å². The first-order valence-electron chi connectivity index (χ1n) is 8.36. The molecular formula is C16H35N2S+. The number of nitrogens with zero attached hydrogens (tertiary/aromatic N) is 2. The summed E-state index contributed by atoms with van der Waals surface area (Å²) >= 11 is 4.81. The zero-order valence-electron chi connectivity index (χ0n) is 13.2. The van der Waals surface area contributed by atoms with Gasteiger partial charge in [-0.1, -0.05) is 25.7 Å². The van der Waals surface area contributed by atoms with Crippen LogP contribution >= 0.6 is 12.8 Å². The van der Waals surface area contributed by atoms with Gasteiger partial charge in [0.2, 0.25) is 0 Å². The van der Waals surface area contributed by atoms with Crippen LogP contribution in [0.1, 0.15) is 64.2 Å².